The average molecular weight is 360 g/mol. The highest BCUT2D eigenvalue weighted by Crippen LogP contribution is 2.52. The minimum atomic E-state index is -1.20. The summed E-state index contributed by atoms with van der Waals surface area (Å²) in [5, 5.41) is 14.4. The van der Waals surface area contributed by atoms with Gasteiger partial charge in [-0.15, -0.1) is 0 Å². The maximum absolute atomic E-state index is 12.1. The summed E-state index contributed by atoms with van der Waals surface area (Å²) in [6, 6.07) is 26.7. The van der Waals surface area contributed by atoms with Gasteiger partial charge in [-0.25, -0.2) is 0 Å². The first kappa shape index (κ1) is 16.7. The van der Waals surface area contributed by atoms with E-state index in [-0.39, 0.29) is 0 Å². The molecule has 0 saturated carbocycles. The first-order valence-corrected chi connectivity index (χ1v) is 9.41. The monoisotopic (exact) mass is 360 g/mol. The van der Waals surface area contributed by atoms with E-state index in [1.807, 2.05) is 60.7 Å². The second-order valence-electron chi connectivity index (χ2n) is 7.25. The molecule has 0 aliphatic heterocycles. The Hall–Kier alpha value is -3.42. The van der Waals surface area contributed by atoms with Crippen LogP contribution in [0.4, 0.5) is 0 Å². The van der Waals surface area contributed by atoms with Gasteiger partial charge in [0.05, 0.1) is 0 Å². The van der Waals surface area contributed by atoms with Crippen LogP contribution in [0.1, 0.15) is 27.8 Å². The summed E-state index contributed by atoms with van der Waals surface area (Å²) in [6.45, 7) is 7.81. The molecule has 28 heavy (non-hydrogen) atoms. The summed E-state index contributed by atoms with van der Waals surface area (Å²) >= 11 is 0. The average Bonchev–Trinajstić information content (AvgIpc) is 3.01. The number of hydrogen-bond acceptors (Lipinski definition) is 1. The molecular weight excluding hydrogens is 340 g/mol. The molecule has 0 bridgehead atoms. The van der Waals surface area contributed by atoms with Crippen LogP contribution in [-0.4, -0.2) is 5.11 Å². The van der Waals surface area contributed by atoms with E-state index < -0.39 is 5.60 Å². The fourth-order valence-electron chi connectivity index (χ4n) is 4.41. The third-order valence-electron chi connectivity index (χ3n) is 5.83. The van der Waals surface area contributed by atoms with Crippen LogP contribution in [0, 0.1) is 0 Å². The molecule has 1 nitrogen and oxygen atoms in total. The van der Waals surface area contributed by atoms with Gasteiger partial charge in [0.1, 0.15) is 5.60 Å². The molecule has 1 atom stereocenters. The van der Waals surface area contributed by atoms with E-state index in [0.717, 1.165) is 44.3 Å². The van der Waals surface area contributed by atoms with Crippen LogP contribution in [0.3, 0.4) is 0 Å². The van der Waals surface area contributed by atoms with E-state index in [1.54, 1.807) is 0 Å². The first-order valence-electron chi connectivity index (χ1n) is 9.41. The summed E-state index contributed by atoms with van der Waals surface area (Å²) in [6.07, 6.45) is 3.63. The lowest BCUT2D eigenvalue weighted by atomic mass is 9.82. The molecule has 4 aromatic rings. The number of benzene rings is 4. The summed E-state index contributed by atoms with van der Waals surface area (Å²) in [4.78, 5) is 0. The molecule has 0 amide bonds. The van der Waals surface area contributed by atoms with Gasteiger partial charge >= 0.3 is 0 Å². The van der Waals surface area contributed by atoms with Crippen molar-refractivity contribution in [2.45, 2.75) is 5.60 Å². The SMILES string of the molecule is C=Cc1ccc(C2(O)c3ccccc3-c3cc4ccccc4cc32)cc1C=C. The molecule has 1 aliphatic rings. The Morgan fingerprint density at radius 2 is 1.32 bits per heavy atom. The largest absolute Gasteiger partial charge is 0.376 e. The van der Waals surface area contributed by atoms with E-state index in [1.165, 1.54) is 5.39 Å². The van der Waals surface area contributed by atoms with Gasteiger partial charge in [-0.1, -0.05) is 86.0 Å². The lowest BCUT2D eigenvalue weighted by Crippen LogP contribution is -2.26. The Balaban J connectivity index is 1.86. The van der Waals surface area contributed by atoms with Crippen LogP contribution in [0.2, 0.25) is 0 Å². The Morgan fingerprint density at radius 3 is 2.07 bits per heavy atom. The maximum atomic E-state index is 12.1. The molecule has 4 aromatic carbocycles. The molecule has 1 unspecified atom stereocenters. The zero-order valence-electron chi connectivity index (χ0n) is 15.5. The van der Waals surface area contributed by atoms with E-state index in [4.69, 9.17) is 0 Å². The summed E-state index contributed by atoms with van der Waals surface area (Å²) in [5.41, 5.74) is 5.63. The topological polar surface area (TPSA) is 20.2 Å². The summed E-state index contributed by atoms with van der Waals surface area (Å²) in [7, 11) is 0. The minimum absolute atomic E-state index is 0.842. The third-order valence-corrected chi connectivity index (χ3v) is 5.83. The van der Waals surface area contributed by atoms with E-state index in [0.29, 0.717) is 0 Å². The van der Waals surface area contributed by atoms with Gasteiger partial charge in [0.25, 0.3) is 0 Å². The molecule has 0 radical (unpaired) electrons. The third kappa shape index (κ3) is 2.17. The van der Waals surface area contributed by atoms with Crippen molar-refractivity contribution in [1.29, 1.82) is 0 Å². The second kappa shape index (κ2) is 6.05. The van der Waals surface area contributed by atoms with Gasteiger partial charge in [0.2, 0.25) is 0 Å². The van der Waals surface area contributed by atoms with Gasteiger partial charge in [0.15, 0.2) is 0 Å². The van der Waals surface area contributed by atoms with Crippen molar-refractivity contribution in [3.05, 3.63) is 120 Å². The van der Waals surface area contributed by atoms with Crippen molar-refractivity contribution < 1.29 is 5.11 Å². The fourth-order valence-corrected chi connectivity index (χ4v) is 4.41. The first-order chi connectivity index (χ1) is 13.7. The number of hydrogen-bond donors (Lipinski definition) is 1. The Morgan fingerprint density at radius 1 is 0.643 bits per heavy atom. The molecule has 0 spiro atoms. The van der Waals surface area contributed by atoms with E-state index >= 15 is 0 Å². The van der Waals surface area contributed by atoms with Gasteiger partial charge < -0.3 is 5.11 Å². The smallest absolute Gasteiger partial charge is 0.141 e. The quantitative estimate of drug-likeness (QED) is 0.449. The van der Waals surface area contributed by atoms with Crippen molar-refractivity contribution in [2.24, 2.45) is 0 Å². The van der Waals surface area contributed by atoms with Crippen molar-refractivity contribution in [3.8, 4) is 11.1 Å². The molecule has 0 heterocycles. The van der Waals surface area contributed by atoms with E-state index in [9.17, 15) is 5.11 Å². The van der Waals surface area contributed by atoms with Crippen LogP contribution in [0.25, 0.3) is 34.1 Å². The predicted octanol–water partition coefficient (Wildman–Crippen LogP) is 6.39. The molecule has 1 aliphatic carbocycles. The Kier molecular flexibility index (Phi) is 3.61. The van der Waals surface area contributed by atoms with E-state index in [2.05, 4.69) is 43.5 Å². The summed E-state index contributed by atoms with van der Waals surface area (Å²) in [5.74, 6) is 0. The van der Waals surface area contributed by atoms with Gasteiger partial charge in [0, 0.05) is 11.1 Å². The van der Waals surface area contributed by atoms with Crippen molar-refractivity contribution in [1.82, 2.24) is 0 Å². The van der Waals surface area contributed by atoms with Crippen molar-refractivity contribution >= 4 is 22.9 Å². The highest BCUT2D eigenvalue weighted by molar-refractivity contribution is 5.94. The van der Waals surface area contributed by atoms with Crippen LogP contribution in [-0.2, 0) is 5.60 Å². The van der Waals surface area contributed by atoms with Crippen molar-refractivity contribution in [3.63, 3.8) is 0 Å². The van der Waals surface area contributed by atoms with Crippen LogP contribution < -0.4 is 0 Å². The van der Waals surface area contributed by atoms with Gasteiger partial charge in [-0.05, 0) is 56.8 Å². The predicted molar refractivity (Wildman–Crippen MR) is 118 cm³/mol. The van der Waals surface area contributed by atoms with Crippen LogP contribution in [0.15, 0.2) is 92.0 Å². The standard InChI is InChI=1S/C27H20O/c1-3-18-13-14-22(15-19(18)4-2)27(28)25-12-8-7-11-23(25)24-16-20-9-5-6-10-21(20)17-26(24)27/h3-17,28H,1-2H2. The Labute approximate surface area is 164 Å². The van der Waals surface area contributed by atoms with Crippen LogP contribution >= 0.6 is 0 Å². The minimum Gasteiger partial charge on any atom is -0.376 e. The molecule has 1 heteroatoms. The second-order valence-corrected chi connectivity index (χ2v) is 7.25. The molecule has 0 aromatic heterocycles. The zero-order chi connectivity index (χ0) is 19.3. The number of rotatable bonds is 3. The lowest BCUT2D eigenvalue weighted by Gasteiger charge is -2.27. The summed E-state index contributed by atoms with van der Waals surface area (Å²) < 4.78 is 0. The Bertz CT molecular complexity index is 1260. The van der Waals surface area contributed by atoms with Gasteiger partial charge in [-0.3, -0.25) is 0 Å². The molecule has 5 rings (SSSR count). The van der Waals surface area contributed by atoms with Crippen LogP contribution in [0.5, 0.6) is 0 Å². The zero-order valence-corrected chi connectivity index (χ0v) is 15.5. The molecule has 0 fully saturated rings. The van der Waals surface area contributed by atoms with Gasteiger partial charge in [-0.2, -0.15) is 0 Å². The molecule has 0 saturated heterocycles. The van der Waals surface area contributed by atoms with Crippen molar-refractivity contribution in [2.75, 3.05) is 0 Å². The molecule has 1 N–H and O–H groups in total. The maximum Gasteiger partial charge on any atom is 0.141 e. The lowest BCUT2D eigenvalue weighted by molar-refractivity contribution is 0.131. The highest BCUT2D eigenvalue weighted by Gasteiger charge is 2.43. The molecular formula is C27H20O. The highest BCUT2D eigenvalue weighted by atomic mass is 16.3. The normalized spacial score (nSPS) is 17.2. The number of fused-ring (bicyclic) bond motifs is 4. The number of aliphatic hydroxyl groups is 1. The fraction of sp³-hybridized carbons (Fsp3) is 0.0370. The molecule has 134 valence electrons.